The molecule has 1 aromatic heterocycles. The highest BCUT2D eigenvalue weighted by molar-refractivity contribution is 5.95. The Morgan fingerprint density at radius 3 is 2.68 bits per heavy atom. The molecule has 7 heteroatoms. The molecule has 0 fully saturated rings. The second-order valence-corrected chi connectivity index (χ2v) is 7.85. The van der Waals surface area contributed by atoms with Crippen LogP contribution in [0.1, 0.15) is 39.6 Å². The first-order valence-corrected chi connectivity index (χ1v) is 10.2. The first-order valence-electron chi connectivity index (χ1n) is 10.2. The predicted molar refractivity (Wildman–Crippen MR) is 113 cm³/mol. The zero-order valence-corrected chi connectivity index (χ0v) is 17.3. The van der Waals surface area contributed by atoms with Crippen LogP contribution in [0.3, 0.4) is 0 Å². The second-order valence-electron chi connectivity index (χ2n) is 7.85. The van der Waals surface area contributed by atoms with Crippen LogP contribution >= 0.6 is 0 Å². The minimum absolute atomic E-state index is 0.0732. The Morgan fingerprint density at radius 2 is 1.87 bits per heavy atom. The lowest BCUT2D eigenvalue weighted by atomic mass is 9.96. The fourth-order valence-corrected chi connectivity index (χ4v) is 4.33. The number of halogens is 1. The number of carbonyl (C=O) groups excluding carboxylic acids is 1. The Morgan fingerprint density at radius 1 is 1.10 bits per heavy atom. The van der Waals surface area contributed by atoms with Crippen molar-refractivity contribution in [1.29, 1.82) is 0 Å². The summed E-state index contributed by atoms with van der Waals surface area (Å²) in [4.78, 5) is 12.7. The zero-order chi connectivity index (χ0) is 21.5. The van der Waals surface area contributed by atoms with Crippen molar-refractivity contribution in [2.75, 3.05) is 6.79 Å². The highest BCUT2D eigenvalue weighted by Crippen LogP contribution is 2.35. The van der Waals surface area contributed by atoms with Crippen molar-refractivity contribution in [3.05, 3.63) is 82.9 Å². The van der Waals surface area contributed by atoms with Crippen molar-refractivity contribution in [2.24, 2.45) is 0 Å². The van der Waals surface area contributed by atoms with Crippen molar-refractivity contribution < 1.29 is 18.7 Å². The van der Waals surface area contributed by atoms with Gasteiger partial charge in [-0.1, -0.05) is 12.2 Å². The van der Waals surface area contributed by atoms with E-state index in [1.165, 1.54) is 12.1 Å². The van der Waals surface area contributed by atoms with E-state index in [1.807, 2.05) is 24.6 Å². The number of benzene rings is 2. The van der Waals surface area contributed by atoms with E-state index in [0.717, 1.165) is 29.1 Å². The quantitative estimate of drug-likeness (QED) is 0.644. The van der Waals surface area contributed by atoms with Crippen LogP contribution in [0.15, 0.2) is 54.6 Å². The summed E-state index contributed by atoms with van der Waals surface area (Å²) in [6, 6.07) is 11.4. The van der Waals surface area contributed by atoms with E-state index in [1.54, 1.807) is 30.3 Å². The molecule has 6 nitrogen and oxygen atoms in total. The average Bonchev–Trinajstić information content (AvgIpc) is 3.47. The lowest BCUT2D eigenvalue weighted by Gasteiger charge is -2.15. The van der Waals surface area contributed by atoms with Crippen LogP contribution in [0.2, 0.25) is 0 Å². The molecule has 0 spiro atoms. The number of rotatable bonds is 4. The Labute approximate surface area is 179 Å². The lowest BCUT2D eigenvalue weighted by molar-refractivity contribution is 0.0943. The number of ether oxygens (including phenoxy) is 2. The van der Waals surface area contributed by atoms with E-state index >= 15 is 0 Å². The van der Waals surface area contributed by atoms with E-state index in [-0.39, 0.29) is 30.5 Å². The van der Waals surface area contributed by atoms with Gasteiger partial charge in [-0.3, -0.25) is 4.79 Å². The van der Waals surface area contributed by atoms with E-state index < -0.39 is 0 Å². The number of nitrogens with zero attached hydrogens (tertiary/aromatic N) is 2. The lowest BCUT2D eigenvalue weighted by Crippen LogP contribution is -2.32. The largest absolute Gasteiger partial charge is 0.454 e. The molecule has 1 amide bonds. The van der Waals surface area contributed by atoms with Crippen LogP contribution in [0.4, 0.5) is 4.39 Å². The number of amides is 1. The average molecular weight is 419 g/mol. The number of hydrogen-bond donors (Lipinski definition) is 1. The molecule has 0 bridgehead atoms. The van der Waals surface area contributed by atoms with Gasteiger partial charge in [-0.15, -0.1) is 0 Å². The monoisotopic (exact) mass is 419 g/mol. The number of carbonyl (C=O) groups is 1. The molecule has 31 heavy (non-hydrogen) atoms. The molecule has 1 N–H and O–H groups in total. The van der Waals surface area contributed by atoms with Crippen LogP contribution < -0.4 is 14.8 Å². The van der Waals surface area contributed by atoms with E-state index in [0.29, 0.717) is 17.1 Å². The van der Waals surface area contributed by atoms with Crippen LogP contribution in [0.25, 0.3) is 5.69 Å². The van der Waals surface area contributed by atoms with E-state index in [9.17, 15) is 9.18 Å². The van der Waals surface area contributed by atoms with Gasteiger partial charge in [0.2, 0.25) is 6.79 Å². The maximum Gasteiger partial charge on any atom is 0.251 e. The van der Waals surface area contributed by atoms with Crippen molar-refractivity contribution >= 4 is 5.91 Å². The Hall–Kier alpha value is -3.61. The van der Waals surface area contributed by atoms with E-state index in [4.69, 9.17) is 9.47 Å². The van der Waals surface area contributed by atoms with Gasteiger partial charge in [-0.05, 0) is 62.7 Å². The second kappa shape index (κ2) is 7.58. The highest BCUT2D eigenvalue weighted by atomic mass is 19.1. The van der Waals surface area contributed by atoms with Crippen LogP contribution in [-0.2, 0) is 0 Å². The maximum atomic E-state index is 13.3. The van der Waals surface area contributed by atoms with Crippen molar-refractivity contribution in [1.82, 2.24) is 15.1 Å². The fourth-order valence-electron chi connectivity index (χ4n) is 4.33. The fraction of sp³-hybridized carbons (Fsp3) is 0.250. The van der Waals surface area contributed by atoms with Gasteiger partial charge in [-0.25, -0.2) is 9.07 Å². The summed E-state index contributed by atoms with van der Waals surface area (Å²) in [7, 11) is 0. The molecule has 0 saturated carbocycles. The smallest absolute Gasteiger partial charge is 0.251 e. The first-order chi connectivity index (χ1) is 15.0. The number of allylic oxidation sites excluding steroid dienone is 1. The van der Waals surface area contributed by atoms with Crippen LogP contribution in [0, 0.1) is 19.7 Å². The summed E-state index contributed by atoms with van der Waals surface area (Å²) in [6.07, 6.45) is 4.91. The van der Waals surface area contributed by atoms with Gasteiger partial charge in [0.05, 0.1) is 11.4 Å². The molecular weight excluding hydrogens is 397 g/mol. The molecule has 158 valence electrons. The first kappa shape index (κ1) is 19.4. The summed E-state index contributed by atoms with van der Waals surface area (Å²) in [5.41, 5.74) is 4.45. The van der Waals surface area contributed by atoms with Crippen LogP contribution in [0.5, 0.6) is 11.5 Å². The molecule has 0 unspecified atom stereocenters. The van der Waals surface area contributed by atoms with Gasteiger partial charge in [0, 0.05) is 28.8 Å². The molecule has 1 aliphatic carbocycles. The van der Waals surface area contributed by atoms with Gasteiger partial charge in [0.15, 0.2) is 11.5 Å². The predicted octanol–water partition coefficient (Wildman–Crippen LogP) is 4.20. The molecule has 2 aromatic carbocycles. The molecule has 2 aliphatic rings. The topological polar surface area (TPSA) is 65.4 Å². The zero-order valence-electron chi connectivity index (χ0n) is 17.3. The number of hydrogen-bond acceptors (Lipinski definition) is 4. The minimum atomic E-state index is -0.273. The Kier molecular flexibility index (Phi) is 4.73. The third-order valence-electron chi connectivity index (χ3n) is 5.82. The van der Waals surface area contributed by atoms with Crippen molar-refractivity contribution in [2.45, 2.75) is 32.2 Å². The molecule has 3 aromatic rings. The summed E-state index contributed by atoms with van der Waals surface area (Å²) >= 11 is 0. The number of nitrogens with one attached hydrogen (secondary N) is 1. The maximum absolute atomic E-state index is 13.3. The molecule has 0 saturated heterocycles. The molecule has 0 radical (unpaired) electrons. The molecular formula is C24H22FN3O3. The van der Waals surface area contributed by atoms with Gasteiger partial charge >= 0.3 is 0 Å². The molecule has 2 atom stereocenters. The summed E-state index contributed by atoms with van der Waals surface area (Å²) in [5, 5.41) is 7.75. The molecule has 1 aliphatic heterocycles. The summed E-state index contributed by atoms with van der Waals surface area (Å²) in [6.45, 7) is 4.18. The standard InChI is InChI=1S/C24H22FN3O3/c1-14-23(15(2)28(27-14)20-8-5-18(25)6-9-20)16-3-7-19(11-16)26-24(29)17-4-10-21-22(12-17)31-13-30-21/h3-10,12,16,19H,11,13H2,1-2H3,(H,26,29)/t16-,19-/m1/s1. The third kappa shape index (κ3) is 3.56. The van der Waals surface area contributed by atoms with Gasteiger partial charge < -0.3 is 14.8 Å². The van der Waals surface area contributed by atoms with Gasteiger partial charge in [-0.2, -0.15) is 5.10 Å². The van der Waals surface area contributed by atoms with E-state index in [2.05, 4.69) is 16.5 Å². The normalized spacial score (nSPS) is 19.1. The molecule has 2 heterocycles. The Bertz CT molecular complexity index is 1180. The number of aryl methyl sites for hydroxylation is 1. The van der Waals surface area contributed by atoms with Crippen LogP contribution in [-0.4, -0.2) is 28.5 Å². The summed E-state index contributed by atoms with van der Waals surface area (Å²) in [5.74, 6) is 0.971. The SMILES string of the molecule is Cc1nn(-c2ccc(F)cc2)c(C)c1[C@@H]1C=C[C@@H](NC(=O)c2ccc3c(c2)OCO3)C1. The number of fused-ring (bicyclic) bond motifs is 1. The van der Waals surface area contributed by atoms with Crippen molar-refractivity contribution in [3.8, 4) is 17.2 Å². The Balaban J connectivity index is 1.30. The number of aromatic nitrogens is 2. The van der Waals surface area contributed by atoms with Gasteiger partial charge in [0.25, 0.3) is 5.91 Å². The highest BCUT2D eigenvalue weighted by Gasteiger charge is 2.27. The minimum Gasteiger partial charge on any atom is -0.454 e. The van der Waals surface area contributed by atoms with Crippen molar-refractivity contribution in [3.63, 3.8) is 0 Å². The van der Waals surface area contributed by atoms with Gasteiger partial charge in [0.1, 0.15) is 5.82 Å². The third-order valence-corrected chi connectivity index (χ3v) is 5.82. The molecule has 5 rings (SSSR count). The summed E-state index contributed by atoms with van der Waals surface area (Å²) < 4.78 is 25.8.